The van der Waals surface area contributed by atoms with Crippen molar-refractivity contribution in [1.29, 1.82) is 0 Å². The molecule has 19 heavy (non-hydrogen) atoms. The highest BCUT2D eigenvalue weighted by molar-refractivity contribution is 5.41. The van der Waals surface area contributed by atoms with Crippen LogP contribution >= 0.6 is 0 Å². The summed E-state index contributed by atoms with van der Waals surface area (Å²) in [6.07, 6.45) is 9.35. The van der Waals surface area contributed by atoms with Crippen molar-refractivity contribution in [3.8, 4) is 0 Å². The standard InChI is InChI=1S/C16H22N2O/c1-3-18-10-14(6-7-16(18)19)17-11(2)15-9-12-4-5-13(15)8-12/h4-7,10-13,15,17H,3,8-9H2,1-2H3. The molecule has 3 rings (SSSR count). The van der Waals surface area contributed by atoms with Crippen LogP contribution in [0.15, 0.2) is 35.3 Å². The van der Waals surface area contributed by atoms with Crippen LogP contribution in [0.4, 0.5) is 5.69 Å². The molecule has 0 amide bonds. The Morgan fingerprint density at radius 1 is 1.37 bits per heavy atom. The molecule has 0 aliphatic heterocycles. The number of nitrogens with one attached hydrogen (secondary N) is 1. The maximum absolute atomic E-state index is 11.6. The Hall–Kier alpha value is -1.51. The summed E-state index contributed by atoms with van der Waals surface area (Å²) in [5.41, 5.74) is 1.13. The Morgan fingerprint density at radius 2 is 2.21 bits per heavy atom. The van der Waals surface area contributed by atoms with Crippen molar-refractivity contribution in [1.82, 2.24) is 4.57 Å². The lowest BCUT2D eigenvalue weighted by Gasteiger charge is -2.27. The molecule has 4 atom stereocenters. The van der Waals surface area contributed by atoms with Gasteiger partial charge in [-0.1, -0.05) is 12.2 Å². The highest BCUT2D eigenvalue weighted by atomic mass is 16.1. The summed E-state index contributed by atoms with van der Waals surface area (Å²) in [5.74, 6) is 2.30. The number of anilines is 1. The van der Waals surface area contributed by atoms with Crippen LogP contribution in [0.5, 0.6) is 0 Å². The van der Waals surface area contributed by atoms with E-state index < -0.39 is 0 Å². The predicted octanol–water partition coefficient (Wildman–Crippen LogP) is 2.88. The van der Waals surface area contributed by atoms with E-state index in [1.807, 2.05) is 19.2 Å². The summed E-state index contributed by atoms with van der Waals surface area (Å²) in [5, 5.41) is 3.58. The molecule has 102 valence electrons. The van der Waals surface area contributed by atoms with Crippen LogP contribution < -0.4 is 10.9 Å². The van der Waals surface area contributed by atoms with Crippen LogP contribution in [0.3, 0.4) is 0 Å². The summed E-state index contributed by atoms with van der Waals surface area (Å²) in [4.78, 5) is 11.6. The van der Waals surface area contributed by atoms with Crippen LogP contribution in [-0.4, -0.2) is 10.6 Å². The monoisotopic (exact) mass is 258 g/mol. The van der Waals surface area contributed by atoms with Crippen LogP contribution in [0.1, 0.15) is 26.7 Å². The van der Waals surface area contributed by atoms with Crippen LogP contribution in [0, 0.1) is 17.8 Å². The van der Waals surface area contributed by atoms with Gasteiger partial charge in [-0.3, -0.25) is 4.79 Å². The molecule has 3 nitrogen and oxygen atoms in total. The second kappa shape index (κ2) is 4.87. The van der Waals surface area contributed by atoms with Gasteiger partial charge >= 0.3 is 0 Å². The van der Waals surface area contributed by atoms with Crippen molar-refractivity contribution in [2.45, 2.75) is 39.3 Å². The number of nitrogens with zero attached hydrogens (tertiary/aromatic N) is 1. The molecule has 2 aliphatic rings. The molecule has 2 bridgehead atoms. The zero-order chi connectivity index (χ0) is 13.4. The van der Waals surface area contributed by atoms with Gasteiger partial charge in [0.25, 0.3) is 5.56 Å². The van der Waals surface area contributed by atoms with E-state index in [1.54, 1.807) is 10.6 Å². The number of hydrogen-bond donors (Lipinski definition) is 1. The van der Waals surface area contributed by atoms with E-state index in [1.165, 1.54) is 12.8 Å². The molecule has 1 N–H and O–H groups in total. The van der Waals surface area contributed by atoms with Crippen LogP contribution in [-0.2, 0) is 6.54 Å². The van der Waals surface area contributed by atoms with Crippen molar-refractivity contribution in [2.75, 3.05) is 5.32 Å². The fourth-order valence-electron chi connectivity index (χ4n) is 3.63. The Labute approximate surface area is 114 Å². The Morgan fingerprint density at radius 3 is 2.84 bits per heavy atom. The molecule has 1 fully saturated rings. The molecule has 0 aromatic carbocycles. The van der Waals surface area contributed by atoms with Gasteiger partial charge in [-0.25, -0.2) is 0 Å². The summed E-state index contributed by atoms with van der Waals surface area (Å²) in [6, 6.07) is 4.01. The number of fused-ring (bicyclic) bond motifs is 2. The van der Waals surface area contributed by atoms with Crippen molar-refractivity contribution >= 4 is 5.69 Å². The van der Waals surface area contributed by atoms with E-state index in [0.29, 0.717) is 6.04 Å². The van der Waals surface area contributed by atoms with Crippen molar-refractivity contribution in [2.24, 2.45) is 17.8 Å². The fraction of sp³-hybridized carbons (Fsp3) is 0.562. The minimum absolute atomic E-state index is 0.0727. The van der Waals surface area contributed by atoms with Gasteiger partial charge in [0.05, 0.1) is 5.69 Å². The third-order valence-corrected chi connectivity index (χ3v) is 4.69. The first-order chi connectivity index (χ1) is 9.17. The van der Waals surface area contributed by atoms with Gasteiger partial charge in [0.2, 0.25) is 0 Å². The molecule has 0 saturated heterocycles. The molecule has 0 radical (unpaired) electrons. The van der Waals surface area contributed by atoms with Crippen LogP contribution in [0.2, 0.25) is 0 Å². The lowest BCUT2D eigenvalue weighted by Crippen LogP contribution is -2.29. The second-order valence-corrected chi connectivity index (χ2v) is 5.92. The van der Waals surface area contributed by atoms with Crippen molar-refractivity contribution in [3.05, 3.63) is 40.8 Å². The maximum Gasteiger partial charge on any atom is 0.250 e. The summed E-state index contributed by atoms with van der Waals surface area (Å²) in [6.45, 7) is 4.98. The number of rotatable bonds is 4. The SMILES string of the molecule is CCn1cc(NC(C)C2CC3C=CC2C3)ccc1=O. The first-order valence-electron chi connectivity index (χ1n) is 7.32. The van der Waals surface area contributed by atoms with Gasteiger partial charge in [0.15, 0.2) is 0 Å². The average molecular weight is 258 g/mol. The minimum Gasteiger partial charge on any atom is -0.381 e. The van der Waals surface area contributed by atoms with E-state index in [0.717, 1.165) is 30.0 Å². The van der Waals surface area contributed by atoms with E-state index in [2.05, 4.69) is 24.4 Å². The number of aromatic nitrogens is 1. The Kier molecular flexibility index (Phi) is 3.21. The summed E-state index contributed by atoms with van der Waals surface area (Å²) < 4.78 is 1.75. The highest BCUT2D eigenvalue weighted by Crippen LogP contribution is 2.45. The van der Waals surface area contributed by atoms with E-state index >= 15 is 0 Å². The third kappa shape index (κ3) is 2.34. The topological polar surface area (TPSA) is 34.0 Å². The fourth-order valence-corrected chi connectivity index (χ4v) is 3.63. The predicted molar refractivity (Wildman–Crippen MR) is 78.3 cm³/mol. The molecular formula is C16H22N2O. The van der Waals surface area contributed by atoms with E-state index in [4.69, 9.17) is 0 Å². The zero-order valence-electron chi connectivity index (χ0n) is 11.7. The van der Waals surface area contributed by atoms with Crippen molar-refractivity contribution in [3.63, 3.8) is 0 Å². The van der Waals surface area contributed by atoms with Gasteiger partial charge in [-0.05, 0) is 50.5 Å². The van der Waals surface area contributed by atoms with Crippen molar-refractivity contribution < 1.29 is 0 Å². The molecule has 3 heteroatoms. The first-order valence-corrected chi connectivity index (χ1v) is 7.32. The first kappa shape index (κ1) is 12.5. The average Bonchev–Trinajstić information content (AvgIpc) is 3.03. The van der Waals surface area contributed by atoms with Gasteiger partial charge in [-0.15, -0.1) is 0 Å². The maximum atomic E-state index is 11.6. The quantitative estimate of drug-likeness (QED) is 0.843. The van der Waals surface area contributed by atoms with E-state index in [-0.39, 0.29) is 5.56 Å². The molecule has 1 aromatic rings. The Bertz CT molecular complexity index is 546. The molecule has 0 spiro atoms. The van der Waals surface area contributed by atoms with Gasteiger partial charge < -0.3 is 9.88 Å². The second-order valence-electron chi connectivity index (χ2n) is 5.92. The van der Waals surface area contributed by atoms with Crippen LogP contribution in [0.25, 0.3) is 0 Å². The largest absolute Gasteiger partial charge is 0.381 e. The molecular weight excluding hydrogens is 236 g/mol. The normalized spacial score (nSPS) is 29.7. The summed E-state index contributed by atoms with van der Waals surface area (Å²) >= 11 is 0. The number of pyridine rings is 1. The number of aryl methyl sites for hydroxylation is 1. The Balaban J connectivity index is 1.71. The number of hydrogen-bond acceptors (Lipinski definition) is 2. The molecule has 4 unspecified atom stereocenters. The zero-order valence-corrected chi connectivity index (χ0v) is 11.7. The smallest absolute Gasteiger partial charge is 0.250 e. The molecule has 1 aromatic heterocycles. The molecule has 1 saturated carbocycles. The molecule has 1 heterocycles. The van der Waals surface area contributed by atoms with E-state index in [9.17, 15) is 4.79 Å². The summed E-state index contributed by atoms with van der Waals surface area (Å²) in [7, 11) is 0. The lowest BCUT2D eigenvalue weighted by atomic mass is 9.87. The van der Waals surface area contributed by atoms with Gasteiger partial charge in [-0.2, -0.15) is 0 Å². The molecule has 2 aliphatic carbocycles. The minimum atomic E-state index is 0.0727. The third-order valence-electron chi connectivity index (χ3n) is 4.69. The lowest BCUT2D eigenvalue weighted by molar-refractivity contribution is 0.399. The van der Waals surface area contributed by atoms with Gasteiger partial charge in [0.1, 0.15) is 0 Å². The van der Waals surface area contributed by atoms with Gasteiger partial charge in [0, 0.05) is 24.8 Å². The number of allylic oxidation sites excluding steroid dienone is 2. The highest BCUT2D eigenvalue weighted by Gasteiger charge is 2.38.